The van der Waals surface area contributed by atoms with E-state index in [1.165, 1.54) is 19.1 Å². The van der Waals surface area contributed by atoms with E-state index < -0.39 is 17.9 Å². The Morgan fingerprint density at radius 2 is 1.23 bits per heavy atom. The molecule has 0 aromatic heterocycles. The van der Waals surface area contributed by atoms with E-state index >= 15 is 0 Å². The molecule has 10 heteroatoms. The molecular weight excluding hydrogens is 499 g/mol. The van der Waals surface area contributed by atoms with Crippen molar-refractivity contribution in [2.24, 2.45) is 0 Å². The van der Waals surface area contributed by atoms with Gasteiger partial charge >= 0.3 is 17.9 Å². The van der Waals surface area contributed by atoms with Gasteiger partial charge in [0.15, 0.2) is 11.6 Å². The van der Waals surface area contributed by atoms with Gasteiger partial charge in [-0.1, -0.05) is 30.6 Å². The molecule has 8 nitrogen and oxygen atoms in total. The summed E-state index contributed by atoms with van der Waals surface area (Å²) in [7, 11) is 0. The van der Waals surface area contributed by atoms with Gasteiger partial charge in [0, 0.05) is 27.6 Å². The van der Waals surface area contributed by atoms with Crippen LogP contribution in [0, 0.1) is 0 Å². The third-order valence-corrected chi connectivity index (χ3v) is 4.66. The highest BCUT2D eigenvalue weighted by Gasteiger charge is 2.19. The SMILES string of the molecule is C.CC(=O)c1ccc(Cl)cc1.O=C(O)CCC(=O)CC(=O)c1ccc(Cl)cc1.O=C1CCC(=O)O1. The minimum Gasteiger partial charge on any atom is -0.481 e. The number of carbonyl (C=O) groups is 6. The number of carboxylic acids is 1. The van der Waals surface area contributed by atoms with Crippen molar-refractivity contribution in [3.8, 4) is 0 Å². The largest absolute Gasteiger partial charge is 0.481 e. The number of esters is 2. The first-order chi connectivity index (χ1) is 16.0. The number of carbonyl (C=O) groups excluding carboxylic acids is 5. The molecule has 0 spiro atoms. The minimum atomic E-state index is -1.04. The Hall–Kier alpha value is -3.36. The van der Waals surface area contributed by atoms with Crippen molar-refractivity contribution in [1.82, 2.24) is 0 Å². The zero-order valence-electron chi connectivity index (χ0n) is 18.2. The molecule has 2 aromatic rings. The van der Waals surface area contributed by atoms with E-state index in [-0.39, 0.29) is 56.9 Å². The number of halogens is 2. The Labute approximate surface area is 213 Å². The van der Waals surface area contributed by atoms with Crippen LogP contribution >= 0.6 is 23.2 Å². The number of hydrogen-bond acceptors (Lipinski definition) is 7. The van der Waals surface area contributed by atoms with Crippen LogP contribution in [0.3, 0.4) is 0 Å². The summed E-state index contributed by atoms with van der Waals surface area (Å²) >= 11 is 11.3. The number of Topliss-reactive ketones (excluding diaryl/α,β-unsaturated/α-hetero) is 3. The average molecular weight is 525 g/mol. The molecule has 0 bridgehead atoms. The molecule has 1 aliphatic rings. The van der Waals surface area contributed by atoms with Crippen LogP contribution < -0.4 is 0 Å². The second-order valence-corrected chi connectivity index (χ2v) is 7.82. The smallest absolute Gasteiger partial charge is 0.314 e. The highest BCUT2D eigenvalue weighted by Crippen LogP contribution is 2.12. The summed E-state index contributed by atoms with van der Waals surface area (Å²) in [5.74, 6) is -2.46. The monoisotopic (exact) mass is 524 g/mol. The first-order valence-electron chi connectivity index (χ1n) is 10.00. The van der Waals surface area contributed by atoms with Gasteiger partial charge in [0.25, 0.3) is 0 Å². The van der Waals surface area contributed by atoms with E-state index in [9.17, 15) is 28.8 Å². The maximum atomic E-state index is 11.6. The fraction of sp³-hybridized carbons (Fsp3) is 0.280. The summed E-state index contributed by atoms with van der Waals surface area (Å²) in [6, 6.07) is 13.0. The second-order valence-electron chi connectivity index (χ2n) is 6.95. The van der Waals surface area contributed by atoms with Crippen molar-refractivity contribution in [3.05, 3.63) is 69.7 Å². The van der Waals surface area contributed by atoms with Crippen LogP contribution in [0.5, 0.6) is 0 Å². The normalized spacial score (nSPS) is 11.5. The Morgan fingerprint density at radius 3 is 1.57 bits per heavy atom. The molecule has 1 N–H and O–H groups in total. The molecule has 0 saturated carbocycles. The number of ether oxygens (including phenoxy) is 1. The second kappa shape index (κ2) is 16.3. The predicted molar refractivity (Wildman–Crippen MR) is 131 cm³/mol. The van der Waals surface area contributed by atoms with Gasteiger partial charge in [0.05, 0.1) is 25.7 Å². The maximum Gasteiger partial charge on any atom is 0.314 e. The zero-order chi connectivity index (χ0) is 25.7. The van der Waals surface area contributed by atoms with Crippen molar-refractivity contribution in [2.45, 2.75) is 46.5 Å². The Bertz CT molecular complexity index is 1030. The van der Waals surface area contributed by atoms with E-state index in [0.29, 0.717) is 21.2 Å². The first kappa shape index (κ1) is 31.6. The molecular formula is C25H26Cl2O8. The molecule has 2 aromatic carbocycles. The number of carboxylic acid groups (broad SMARTS) is 1. The van der Waals surface area contributed by atoms with E-state index in [2.05, 4.69) is 4.74 Å². The van der Waals surface area contributed by atoms with Gasteiger partial charge in [-0.15, -0.1) is 0 Å². The van der Waals surface area contributed by atoms with Crippen LogP contribution in [-0.4, -0.2) is 40.4 Å². The third-order valence-electron chi connectivity index (χ3n) is 4.15. The Kier molecular flexibility index (Phi) is 14.7. The highest BCUT2D eigenvalue weighted by molar-refractivity contribution is 6.31. The van der Waals surface area contributed by atoms with Crippen LogP contribution in [0.4, 0.5) is 0 Å². The quantitative estimate of drug-likeness (QED) is 0.290. The lowest BCUT2D eigenvalue weighted by Crippen LogP contribution is -2.09. The van der Waals surface area contributed by atoms with Crippen LogP contribution in [0.2, 0.25) is 10.0 Å². The van der Waals surface area contributed by atoms with Crippen LogP contribution in [0.15, 0.2) is 48.5 Å². The number of cyclic esters (lactones) is 2. The molecule has 188 valence electrons. The number of hydrogen-bond donors (Lipinski definition) is 1. The van der Waals surface area contributed by atoms with Crippen molar-refractivity contribution < 1.29 is 38.6 Å². The predicted octanol–water partition coefficient (Wildman–Crippen LogP) is 5.38. The molecule has 1 aliphatic heterocycles. The van der Waals surface area contributed by atoms with Gasteiger partial charge < -0.3 is 9.84 Å². The zero-order valence-corrected chi connectivity index (χ0v) is 19.7. The van der Waals surface area contributed by atoms with Crippen molar-refractivity contribution in [2.75, 3.05) is 0 Å². The van der Waals surface area contributed by atoms with Gasteiger partial charge in [-0.3, -0.25) is 28.8 Å². The summed E-state index contributed by atoms with van der Waals surface area (Å²) in [6.07, 6.45) is -0.103. The molecule has 0 radical (unpaired) electrons. The van der Waals surface area contributed by atoms with Gasteiger partial charge in [0.2, 0.25) is 0 Å². The van der Waals surface area contributed by atoms with Crippen molar-refractivity contribution >= 4 is 58.5 Å². The summed E-state index contributed by atoms with van der Waals surface area (Å²) in [4.78, 5) is 63.9. The number of rotatable bonds is 7. The van der Waals surface area contributed by atoms with Crippen LogP contribution in [0.25, 0.3) is 0 Å². The average Bonchev–Trinajstić information content (AvgIpc) is 3.16. The summed E-state index contributed by atoms with van der Waals surface area (Å²) in [5, 5.41) is 9.56. The first-order valence-corrected chi connectivity index (χ1v) is 10.8. The molecule has 35 heavy (non-hydrogen) atoms. The lowest BCUT2D eigenvalue weighted by atomic mass is 10.0. The molecule has 1 heterocycles. The molecule has 1 fully saturated rings. The summed E-state index contributed by atoms with van der Waals surface area (Å²) < 4.78 is 4.08. The third kappa shape index (κ3) is 13.8. The molecule has 0 aliphatic carbocycles. The topological polar surface area (TPSA) is 132 Å². The summed E-state index contributed by atoms with van der Waals surface area (Å²) in [6.45, 7) is 1.53. The van der Waals surface area contributed by atoms with E-state index in [4.69, 9.17) is 28.3 Å². The van der Waals surface area contributed by atoms with E-state index in [1.54, 1.807) is 36.4 Å². The van der Waals surface area contributed by atoms with E-state index in [1.807, 2.05) is 0 Å². The van der Waals surface area contributed by atoms with Gasteiger partial charge in [0.1, 0.15) is 5.78 Å². The molecule has 3 rings (SSSR count). The van der Waals surface area contributed by atoms with Crippen molar-refractivity contribution in [3.63, 3.8) is 0 Å². The number of aliphatic carboxylic acids is 1. The minimum absolute atomic E-state index is 0. The molecule has 0 atom stereocenters. The molecule has 0 unspecified atom stereocenters. The maximum absolute atomic E-state index is 11.6. The van der Waals surface area contributed by atoms with Crippen LogP contribution in [-0.2, 0) is 23.9 Å². The number of benzene rings is 2. The Morgan fingerprint density at radius 1 is 0.800 bits per heavy atom. The lowest BCUT2D eigenvalue weighted by molar-refractivity contribution is -0.152. The standard InChI is InChI=1S/C12H11ClO4.C8H7ClO.C4H4O3.CH4/c13-9-3-1-8(2-4-9)11(15)7-10(14)5-6-12(16)17;1-6(10)7-2-4-8(9)5-3-7;5-3-1-2-4(6)7-3;/h1-4H,5-7H2,(H,16,17);2-5H,1H3;1-2H2;1H4. The van der Waals surface area contributed by atoms with E-state index in [0.717, 1.165) is 0 Å². The fourth-order valence-corrected chi connectivity index (χ4v) is 2.62. The van der Waals surface area contributed by atoms with Gasteiger partial charge in [-0.05, 0) is 55.5 Å². The van der Waals surface area contributed by atoms with Gasteiger partial charge in [-0.2, -0.15) is 0 Å². The highest BCUT2D eigenvalue weighted by atomic mass is 35.5. The Balaban J connectivity index is 0.000000542. The lowest BCUT2D eigenvalue weighted by Gasteiger charge is -2.00. The molecule has 0 amide bonds. The van der Waals surface area contributed by atoms with Crippen molar-refractivity contribution in [1.29, 1.82) is 0 Å². The summed E-state index contributed by atoms with van der Waals surface area (Å²) in [5.41, 5.74) is 1.10. The molecule has 1 saturated heterocycles. The van der Waals surface area contributed by atoms with Crippen LogP contribution in [0.1, 0.15) is 67.2 Å². The number of ketones is 3. The van der Waals surface area contributed by atoms with Gasteiger partial charge in [-0.25, -0.2) is 0 Å². The fourth-order valence-electron chi connectivity index (χ4n) is 2.37.